The number of aryl methyl sites for hydroxylation is 1. The lowest BCUT2D eigenvalue weighted by molar-refractivity contribution is -0.136. The Bertz CT molecular complexity index is 550. The summed E-state index contributed by atoms with van der Waals surface area (Å²) in [6, 6.07) is 7.88. The van der Waals surface area contributed by atoms with Gasteiger partial charge in [0.1, 0.15) is 5.60 Å². The molecule has 1 rings (SSSR count). The number of nitrogens with one attached hydrogen (secondary N) is 1. The van der Waals surface area contributed by atoms with Crippen LogP contribution in [0.2, 0.25) is 0 Å². The number of hydrogen-bond donors (Lipinski definition) is 2. The average molecular weight is 320 g/mol. The smallest absolute Gasteiger partial charge is 0.405 e. The zero-order chi connectivity index (χ0) is 17.8. The van der Waals surface area contributed by atoms with Gasteiger partial charge in [-0.3, -0.25) is 4.79 Å². The Labute approximate surface area is 138 Å². The fourth-order valence-corrected chi connectivity index (χ4v) is 2.99. The van der Waals surface area contributed by atoms with Crippen molar-refractivity contribution in [2.75, 3.05) is 0 Å². The molecular formula is C18H28N2O3. The van der Waals surface area contributed by atoms with Gasteiger partial charge in [-0.15, -0.1) is 0 Å². The molecule has 0 bridgehead atoms. The number of ether oxygens (including phenoxy) is 1. The first-order valence-corrected chi connectivity index (χ1v) is 7.90. The largest absolute Gasteiger partial charge is 0.443 e. The Morgan fingerprint density at radius 1 is 1.13 bits per heavy atom. The Hall–Kier alpha value is -2.04. The molecule has 0 aliphatic carbocycles. The van der Waals surface area contributed by atoms with E-state index in [1.54, 1.807) is 13.8 Å². The highest BCUT2D eigenvalue weighted by Gasteiger charge is 2.40. The fraction of sp³-hybridized carbons (Fsp3) is 0.556. The second-order valence-corrected chi connectivity index (χ2v) is 6.89. The van der Waals surface area contributed by atoms with Crippen LogP contribution in [-0.2, 0) is 9.53 Å². The maximum absolute atomic E-state index is 12.7. The van der Waals surface area contributed by atoms with Crippen LogP contribution in [0.3, 0.4) is 0 Å². The van der Waals surface area contributed by atoms with E-state index in [2.05, 4.69) is 5.32 Å². The molecule has 2 amide bonds. The van der Waals surface area contributed by atoms with Crippen molar-refractivity contribution in [2.45, 2.75) is 53.2 Å². The second-order valence-electron chi connectivity index (χ2n) is 6.89. The molecule has 1 unspecified atom stereocenters. The zero-order valence-electron chi connectivity index (χ0n) is 14.8. The van der Waals surface area contributed by atoms with Gasteiger partial charge < -0.3 is 15.8 Å². The van der Waals surface area contributed by atoms with Gasteiger partial charge in [0.05, 0.1) is 12.0 Å². The first-order chi connectivity index (χ1) is 10.5. The van der Waals surface area contributed by atoms with E-state index in [0.29, 0.717) is 0 Å². The van der Waals surface area contributed by atoms with Gasteiger partial charge in [0.15, 0.2) is 0 Å². The molecule has 23 heavy (non-hydrogen) atoms. The highest BCUT2D eigenvalue weighted by Crippen LogP contribution is 2.29. The molecule has 2 atom stereocenters. The van der Waals surface area contributed by atoms with E-state index in [1.807, 2.05) is 52.0 Å². The second kappa shape index (κ2) is 7.49. The van der Waals surface area contributed by atoms with Crippen LogP contribution >= 0.6 is 0 Å². The molecule has 0 aliphatic rings. The van der Waals surface area contributed by atoms with E-state index in [0.717, 1.165) is 5.56 Å². The first-order valence-electron chi connectivity index (χ1n) is 7.90. The minimum Gasteiger partial charge on any atom is -0.443 e. The van der Waals surface area contributed by atoms with Gasteiger partial charge in [-0.1, -0.05) is 43.7 Å². The molecule has 0 radical (unpaired) electrons. The van der Waals surface area contributed by atoms with Crippen molar-refractivity contribution in [3.05, 3.63) is 35.4 Å². The average Bonchev–Trinajstić information content (AvgIpc) is 2.36. The summed E-state index contributed by atoms with van der Waals surface area (Å²) >= 11 is 0. The summed E-state index contributed by atoms with van der Waals surface area (Å²) < 4.78 is 5.16. The maximum atomic E-state index is 12.7. The van der Waals surface area contributed by atoms with Crippen molar-refractivity contribution in [2.24, 2.45) is 17.6 Å². The fourth-order valence-electron chi connectivity index (χ4n) is 2.99. The molecule has 0 spiro atoms. The molecule has 0 fully saturated rings. The lowest BCUT2D eigenvalue weighted by Gasteiger charge is -2.35. The van der Waals surface area contributed by atoms with E-state index < -0.39 is 17.6 Å². The standard InChI is InChI=1S/C18H28N2O3/c1-11(2)15(18(5,6)23-17(19)22)16(21)20-13(4)14-9-7-12(3)8-10-14/h7-11,13,15H,1-6H3,(H2,19,22)(H,20,21)/t13?,15-/m1/s1. The van der Waals surface area contributed by atoms with Crippen LogP contribution in [0, 0.1) is 18.8 Å². The SMILES string of the molecule is Cc1ccc(C(C)NC(=O)[C@@H](C(C)C)C(C)(C)OC(N)=O)cc1. The molecule has 0 saturated heterocycles. The third kappa shape index (κ3) is 5.27. The third-order valence-electron chi connectivity index (χ3n) is 4.00. The summed E-state index contributed by atoms with van der Waals surface area (Å²) in [6.07, 6.45) is -0.875. The Morgan fingerprint density at radius 3 is 2.09 bits per heavy atom. The first kappa shape index (κ1) is 19.0. The number of rotatable bonds is 6. The van der Waals surface area contributed by atoms with Crippen molar-refractivity contribution < 1.29 is 14.3 Å². The summed E-state index contributed by atoms with van der Waals surface area (Å²) in [5.41, 5.74) is 6.35. The van der Waals surface area contributed by atoms with Gasteiger partial charge in [0.25, 0.3) is 0 Å². The highest BCUT2D eigenvalue weighted by molar-refractivity contribution is 5.81. The van der Waals surface area contributed by atoms with Gasteiger partial charge >= 0.3 is 6.09 Å². The van der Waals surface area contributed by atoms with Crippen LogP contribution in [-0.4, -0.2) is 17.6 Å². The summed E-state index contributed by atoms with van der Waals surface area (Å²) in [5, 5.41) is 3.01. The summed E-state index contributed by atoms with van der Waals surface area (Å²) in [5.74, 6) is -0.656. The number of primary amides is 1. The number of hydrogen-bond acceptors (Lipinski definition) is 3. The molecule has 0 heterocycles. The van der Waals surface area contributed by atoms with Crippen molar-refractivity contribution in [1.82, 2.24) is 5.32 Å². The highest BCUT2D eigenvalue weighted by atomic mass is 16.6. The normalized spacial score (nSPS) is 14.2. The van der Waals surface area contributed by atoms with Crippen molar-refractivity contribution in [3.63, 3.8) is 0 Å². The maximum Gasteiger partial charge on any atom is 0.405 e. The molecule has 0 aliphatic heterocycles. The van der Waals surface area contributed by atoms with Crippen LogP contribution in [0.25, 0.3) is 0 Å². The van der Waals surface area contributed by atoms with Gasteiger partial charge in [0, 0.05) is 0 Å². The van der Waals surface area contributed by atoms with Gasteiger partial charge in [-0.05, 0) is 39.2 Å². The number of carbonyl (C=O) groups excluding carboxylic acids is 2. The van der Waals surface area contributed by atoms with Gasteiger partial charge in [-0.25, -0.2) is 4.79 Å². The van der Waals surface area contributed by atoms with E-state index >= 15 is 0 Å². The Morgan fingerprint density at radius 2 is 1.65 bits per heavy atom. The molecule has 128 valence electrons. The third-order valence-corrected chi connectivity index (χ3v) is 4.00. The van der Waals surface area contributed by atoms with Gasteiger partial charge in [0.2, 0.25) is 5.91 Å². The van der Waals surface area contributed by atoms with E-state index in [-0.39, 0.29) is 17.9 Å². The summed E-state index contributed by atoms with van der Waals surface area (Å²) in [4.78, 5) is 23.8. The summed E-state index contributed by atoms with van der Waals surface area (Å²) in [7, 11) is 0. The molecule has 3 N–H and O–H groups in total. The molecule has 5 heteroatoms. The van der Waals surface area contributed by atoms with Crippen molar-refractivity contribution in [3.8, 4) is 0 Å². The van der Waals surface area contributed by atoms with E-state index in [1.165, 1.54) is 5.56 Å². The predicted octanol–water partition coefficient (Wildman–Crippen LogP) is 3.32. The zero-order valence-corrected chi connectivity index (χ0v) is 14.8. The predicted molar refractivity (Wildman–Crippen MR) is 90.8 cm³/mol. The number of amides is 2. The molecule has 0 saturated carbocycles. The Balaban J connectivity index is 2.90. The molecule has 1 aromatic rings. The lowest BCUT2D eigenvalue weighted by atomic mass is 9.81. The number of nitrogens with two attached hydrogens (primary N) is 1. The van der Waals surface area contributed by atoms with Crippen LogP contribution in [0.5, 0.6) is 0 Å². The molecule has 5 nitrogen and oxygen atoms in total. The number of benzene rings is 1. The molecule has 1 aromatic carbocycles. The minimum atomic E-state index is -0.975. The van der Waals surface area contributed by atoms with Crippen LogP contribution in [0.15, 0.2) is 24.3 Å². The topological polar surface area (TPSA) is 81.4 Å². The lowest BCUT2D eigenvalue weighted by Crippen LogP contribution is -2.49. The van der Waals surface area contributed by atoms with Crippen LogP contribution in [0.4, 0.5) is 4.79 Å². The Kier molecular flexibility index (Phi) is 6.19. The van der Waals surface area contributed by atoms with E-state index in [4.69, 9.17) is 10.5 Å². The van der Waals surface area contributed by atoms with Gasteiger partial charge in [-0.2, -0.15) is 0 Å². The monoisotopic (exact) mass is 320 g/mol. The van der Waals surface area contributed by atoms with Crippen LogP contribution < -0.4 is 11.1 Å². The molecule has 0 aromatic heterocycles. The van der Waals surface area contributed by atoms with Crippen molar-refractivity contribution >= 4 is 12.0 Å². The van der Waals surface area contributed by atoms with Crippen molar-refractivity contribution in [1.29, 1.82) is 0 Å². The summed E-state index contributed by atoms with van der Waals surface area (Å²) in [6.45, 7) is 11.2. The molecular weight excluding hydrogens is 292 g/mol. The minimum absolute atomic E-state index is 0.00503. The number of carbonyl (C=O) groups is 2. The quantitative estimate of drug-likeness (QED) is 0.843. The van der Waals surface area contributed by atoms with E-state index in [9.17, 15) is 9.59 Å². The van der Waals surface area contributed by atoms with Crippen LogP contribution in [0.1, 0.15) is 51.8 Å².